The zero-order valence-electron chi connectivity index (χ0n) is 11.9. The molecule has 3 aliphatic rings. The summed E-state index contributed by atoms with van der Waals surface area (Å²) in [5, 5.41) is 28.2. The van der Waals surface area contributed by atoms with E-state index in [2.05, 4.69) is 0 Å². The molecule has 0 amide bonds. The van der Waals surface area contributed by atoms with Gasteiger partial charge in [-0.1, -0.05) is 0 Å². The lowest BCUT2D eigenvalue weighted by Crippen LogP contribution is -2.99. The molecular formula is C15H15NO6S. The molecule has 3 fully saturated rings. The predicted octanol–water partition coefficient (Wildman–Crippen LogP) is 0.443. The number of quaternary nitrogens is 1. The molecule has 2 aliphatic carbocycles. The molecule has 0 radical (unpaired) electrons. The molecule has 1 aromatic carbocycles. The Labute approximate surface area is 135 Å². The maximum absolute atomic E-state index is 12.0. The number of nitrogens with one attached hydrogen (secondary N) is 1. The van der Waals surface area contributed by atoms with Crippen molar-refractivity contribution in [1.82, 2.24) is 0 Å². The van der Waals surface area contributed by atoms with Crippen LogP contribution < -0.4 is 5.23 Å². The highest BCUT2D eigenvalue weighted by molar-refractivity contribution is 8.00. The predicted molar refractivity (Wildman–Crippen MR) is 78.0 cm³/mol. The topological polar surface area (TPSA) is 111 Å². The first-order chi connectivity index (χ1) is 11.0. The zero-order chi connectivity index (χ0) is 16.3. The van der Waals surface area contributed by atoms with Gasteiger partial charge in [0.1, 0.15) is 6.10 Å². The van der Waals surface area contributed by atoms with Gasteiger partial charge in [-0.2, -0.15) is 5.23 Å². The Balaban J connectivity index is 1.58. The molecule has 1 unspecified atom stereocenters. The van der Waals surface area contributed by atoms with Gasteiger partial charge in [-0.05, 0) is 24.5 Å². The van der Waals surface area contributed by atoms with E-state index in [0.717, 1.165) is 4.90 Å². The summed E-state index contributed by atoms with van der Waals surface area (Å²) in [7, 11) is 0. The van der Waals surface area contributed by atoms with Crippen LogP contribution in [0.1, 0.15) is 6.42 Å². The second kappa shape index (κ2) is 5.20. The molecule has 8 heteroatoms. The first-order valence-corrected chi connectivity index (χ1v) is 8.28. The van der Waals surface area contributed by atoms with E-state index in [9.17, 15) is 19.9 Å². The van der Waals surface area contributed by atoms with Crippen LogP contribution in [-0.2, 0) is 14.3 Å². The maximum atomic E-state index is 12.0. The van der Waals surface area contributed by atoms with Crippen LogP contribution in [0.5, 0.6) is 0 Å². The fraction of sp³-hybridized carbons (Fsp3) is 0.467. The van der Waals surface area contributed by atoms with Gasteiger partial charge in [0.2, 0.25) is 0 Å². The number of carboxylic acid groups (broad SMARTS) is 1. The standard InChI is InChI=1S/C15H15NO6S/c17-14(18)10-9-5-8-11(10)15(19)22-12(8)13(9)23-7-3-1-6(2-4-7)16(20)21/h1-4,8-13,16,20H,5H2,(H,17,18)/t8-,9+,10-,11-,12+,13-/m0/s1. The van der Waals surface area contributed by atoms with Crippen LogP contribution in [0.15, 0.2) is 29.2 Å². The fourth-order valence-electron chi connectivity index (χ4n) is 4.32. The zero-order valence-corrected chi connectivity index (χ0v) is 12.7. The maximum Gasteiger partial charge on any atom is 0.310 e. The summed E-state index contributed by atoms with van der Waals surface area (Å²) in [4.78, 5) is 24.4. The molecular weight excluding hydrogens is 322 g/mol. The minimum Gasteiger partial charge on any atom is -0.595 e. The molecule has 2 bridgehead atoms. The van der Waals surface area contributed by atoms with Crippen LogP contribution in [0.2, 0.25) is 0 Å². The number of hydrogen-bond acceptors (Lipinski definition) is 6. The number of esters is 1. The summed E-state index contributed by atoms with van der Waals surface area (Å²) in [5.74, 6) is -2.53. The van der Waals surface area contributed by atoms with Crippen molar-refractivity contribution in [3.63, 3.8) is 0 Å². The minimum atomic E-state index is -0.986. The van der Waals surface area contributed by atoms with Crippen molar-refractivity contribution in [2.24, 2.45) is 23.7 Å². The van der Waals surface area contributed by atoms with E-state index in [0.29, 0.717) is 6.42 Å². The fourth-order valence-corrected chi connectivity index (χ4v) is 5.77. The number of fused-ring (bicyclic) bond motifs is 1. The summed E-state index contributed by atoms with van der Waals surface area (Å²) in [6.07, 6.45) is 0.486. The molecule has 122 valence electrons. The third-order valence-corrected chi connectivity index (χ3v) is 6.64. The highest BCUT2D eigenvalue weighted by atomic mass is 32.2. The number of carbonyl (C=O) groups excluding carboxylic acids is 1. The molecule has 4 rings (SSSR count). The van der Waals surface area contributed by atoms with Gasteiger partial charge in [-0.15, -0.1) is 11.8 Å². The number of ether oxygens (including phenoxy) is 1. The van der Waals surface area contributed by atoms with Gasteiger partial charge in [0, 0.05) is 22.9 Å². The van der Waals surface area contributed by atoms with E-state index < -0.39 is 23.0 Å². The van der Waals surface area contributed by atoms with Gasteiger partial charge in [0.15, 0.2) is 5.69 Å². The molecule has 1 aliphatic heterocycles. The molecule has 1 saturated heterocycles. The van der Waals surface area contributed by atoms with Crippen molar-refractivity contribution < 1.29 is 29.9 Å². The molecule has 7 atom stereocenters. The van der Waals surface area contributed by atoms with Crippen molar-refractivity contribution in [3.05, 3.63) is 29.5 Å². The molecule has 1 aromatic rings. The smallest absolute Gasteiger partial charge is 0.310 e. The van der Waals surface area contributed by atoms with E-state index in [1.807, 2.05) is 0 Å². The quantitative estimate of drug-likeness (QED) is 0.540. The Morgan fingerprint density at radius 2 is 2.00 bits per heavy atom. The summed E-state index contributed by atoms with van der Waals surface area (Å²) >= 11 is 1.48. The van der Waals surface area contributed by atoms with Gasteiger partial charge < -0.3 is 15.1 Å². The third-order valence-electron chi connectivity index (χ3n) is 5.20. The van der Waals surface area contributed by atoms with E-state index in [1.165, 1.54) is 23.9 Å². The summed E-state index contributed by atoms with van der Waals surface area (Å²) < 4.78 is 5.45. The monoisotopic (exact) mass is 337 g/mol. The van der Waals surface area contributed by atoms with Gasteiger partial charge >= 0.3 is 11.9 Å². The van der Waals surface area contributed by atoms with E-state index >= 15 is 0 Å². The number of rotatable bonds is 4. The van der Waals surface area contributed by atoms with Crippen LogP contribution in [-0.4, -0.2) is 33.6 Å². The SMILES string of the molecule is O=C1O[C@@H]2[C@H]3C[C@@H]([C@@H]2Sc2ccc([NH+]([O-])O)cc2)[C@H](C(=O)O)[C@@H]13. The van der Waals surface area contributed by atoms with E-state index in [-0.39, 0.29) is 34.8 Å². The van der Waals surface area contributed by atoms with E-state index in [4.69, 9.17) is 9.94 Å². The first-order valence-electron chi connectivity index (χ1n) is 7.40. The average Bonchev–Trinajstić information content (AvgIpc) is 3.11. The number of thioether (sulfide) groups is 1. The molecule has 2 saturated carbocycles. The van der Waals surface area contributed by atoms with E-state index in [1.54, 1.807) is 12.1 Å². The first kappa shape index (κ1) is 14.9. The number of carboxylic acids is 1. The van der Waals surface area contributed by atoms with Crippen molar-refractivity contribution >= 4 is 29.4 Å². The molecule has 7 nitrogen and oxygen atoms in total. The summed E-state index contributed by atoms with van der Waals surface area (Å²) in [6.45, 7) is 0. The van der Waals surface area contributed by atoms with Crippen LogP contribution in [0, 0.1) is 28.9 Å². The second-order valence-corrected chi connectivity index (χ2v) is 7.52. The summed E-state index contributed by atoms with van der Waals surface area (Å²) in [6, 6.07) is 6.47. The lowest BCUT2D eigenvalue weighted by Gasteiger charge is -2.29. The largest absolute Gasteiger partial charge is 0.595 e. The number of aliphatic carboxylic acids is 1. The van der Waals surface area contributed by atoms with Crippen molar-refractivity contribution in [2.45, 2.75) is 22.7 Å². The Hall–Kier alpha value is -1.61. The molecule has 23 heavy (non-hydrogen) atoms. The number of hydrogen-bond donors (Lipinski definition) is 3. The molecule has 3 N–H and O–H groups in total. The van der Waals surface area contributed by atoms with Crippen LogP contribution in [0.4, 0.5) is 5.69 Å². The minimum absolute atomic E-state index is 0.00407. The molecule has 0 spiro atoms. The molecule has 0 aromatic heterocycles. The Kier molecular flexibility index (Phi) is 3.38. The Bertz CT molecular complexity index is 662. The number of benzene rings is 1. The van der Waals surface area contributed by atoms with Crippen LogP contribution in [0.25, 0.3) is 0 Å². The number of carbonyl (C=O) groups is 2. The second-order valence-electron chi connectivity index (χ2n) is 6.27. The van der Waals surface area contributed by atoms with Gasteiger partial charge in [-0.3, -0.25) is 9.59 Å². The highest BCUT2D eigenvalue weighted by Crippen LogP contribution is 2.61. The van der Waals surface area contributed by atoms with Crippen molar-refractivity contribution in [3.8, 4) is 0 Å². The Morgan fingerprint density at radius 1 is 1.30 bits per heavy atom. The molecule has 1 heterocycles. The van der Waals surface area contributed by atoms with Crippen LogP contribution >= 0.6 is 11.8 Å². The van der Waals surface area contributed by atoms with Crippen molar-refractivity contribution in [2.75, 3.05) is 0 Å². The normalized spacial score (nSPS) is 38.6. The highest BCUT2D eigenvalue weighted by Gasteiger charge is 2.68. The van der Waals surface area contributed by atoms with Crippen LogP contribution in [0.3, 0.4) is 0 Å². The van der Waals surface area contributed by atoms with Gasteiger partial charge in [-0.25, -0.2) is 5.21 Å². The van der Waals surface area contributed by atoms with Gasteiger partial charge in [0.25, 0.3) is 0 Å². The summed E-state index contributed by atoms with van der Waals surface area (Å²) in [5.41, 5.74) is 0.207. The lowest BCUT2D eigenvalue weighted by molar-refractivity contribution is -0.991. The third kappa shape index (κ3) is 2.17. The van der Waals surface area contributed by atoms with Crippen molar-refractivity contribution in [1.29, 1.82) is 0 Å². The lowest BCUT2D eigenvalue weighted by atomic mass is 9.80. The van der Waals surface area contributed by atoms with Gasteiger partial charge in [0.05, 0.1) is 17.1 Å². The average molecular weight is 337 g/mol. The Morgan fingerprint density at radius 3 is 2.61 bits per heavy atom.